The molecule has 0 aliphatic carbocycles. The van der Waals surface area contributed by atoms with Crippen LogP contribution in [0.2, 0.25) is 0 Å². The first kappa shape index (κ1) is 26.7. The van der Waals surface area contributed by atoms with Gasteiger partial charge in [-0.3, -0.25) is 24.4 Å². The number of benzene rings is 2. The van der Waals surface area contributed by atoms with Crippen LogP contribution in [0.15, 0.2) is 59.7 Å². The second-order valence-electron chi connectivity index (χ2n) is 11.2. The zero-order chi connectivity index (χ0) is 27.9. The molecule has 1 aromatic heterocycles. The van der Waals surface area contributed by atoms with Gasteiger partial charge in [0.1, 0.15) is 11.9 Å². The number of carbonyl (C=O) groups excluding carboxylic acids is 3. The summed E-state index contributed by atoms with van der Waals surface area (Å²) < 4.78 is 13.6. The SMILES string of the molecule is CN1NC2C=N[C@H](C(=O)[C@@H](Cc3c[nH]c4ccccc34)NC(=O)C(C)(C)N)C[C@@]2(Cc2ccc(F)cc2)C1=O. The molecule has 5 rings (SSSR count). The molecule has 4 atom stereocenters. The van der Waals surface area contributed by atoms with Crippen molar-refractivity contribution in [1.82, 2.24) is 20.7 Å². The minimum Gasteiger partial charge on any atom is -0.361 e. The van der Waals surface area contributed by atoms with Gasteiger partial charge in [0.15, 0.2) is 5.78 Å². The van der Waals surface area contributed by atoms with Crippen molar-refractivity contribution in [3.63, 3.8) is 0 Å². The second kappa shape index (κ2) is 10.0. The van der Waals surface area contributed by atoms with Crippen LogP contribution in [0.5, 0.6) is 0 Å². The molecule has 2 aliphatic rings. The third-order valence-electron chi connectivity index (χ3n) is 7.73. The number of amides is 2. The number of ketones is 1. The first-order chi connectivity index (χ1) is 18.5. The molecule has 2 amide bonds. The van der Waals surface area contributed by atoms with Crippen LogP contribution in [0.3, 0.4) is 0 Å². The third-order valence-corrected chi connectivity index (χ3v) is 7.73. The lowest BCUT2D eigenvalue weighted by atomic mass is 9.69. The van der Waals surface area contributed by atoms with Gasteiger partial charge in [0.25, 0.3) is 0 Å². The molecule has 204 valence electrons. The molecule has 3 aromatic rings. The van der Waals surface area contributed by atoms with Crippen molar-refractivity contribution in [1.29, 1.82) is 0 Å². The van der Waals surface area contributed by atoms with Crippen LogP contribution >= 0.6 is 0 Å². The fraction of sp³-hybridized carbons (Fsp3) is 0.379. The van der Waals surface area contributed by atoms with E-state index in [-0.39, 0.29) is 30.3 Å². The summed E-state index contributed by atoms with van der Waals surface area (Å²) in [5.41, 5.74) is 9.57. The van der Waals surface area contributed by atoms with Crippen molar-refractivity contribution in [2.45, 2.75) is 56.8 Å². The Labute approximate surface area is 226 Å². The highest BCUT2D eigenvalue weighted by molar-refractivity contribution is 5.99. The molecular weight excluding hydrogens is 499 g/mol. The largest absolute Gasteiger partial charge is 0.361 e. The maximum Gasteiger partial charge on any atom is 0.245 e. The van der Waals surface area contributed by atoms with E-state index in [1.54, 1.807) is 39.2 Å². The fourth-order valence-electron chi connectivity index (χ4n) is 5.55. The van der Waals surface area contributed by atoms with Gasteiger partial charge in [-0.05, 0) is 56.0 Å². The molecule has 0 spiro atoms. The fourth-order valence-corrected chi connectivity index (χ4v) is 5.55. The average molecular weight is 533 g/mol. The van der Waals surface area contributed by atoms with Crippen molar-refractivity contribution in [2.75, 3.05) is 7.05 Å². The first-order valence-corrected chi connectivity index (χ1v) is 13.0. The molecule has 1 saturated heterocycles. The molecule has 9 nitrogen and oxygen atoms in total. The molecule has 0 bridgehead atoms. The smallest absolute Gasteiger partial charge is 0.245 e. The number of nitrogens with zero attached hydrogens (tertiary/aromatic N) is 2. The number of nitrogens with one attached hydrogen (secondary N) is 3. The first-order valence-electron chi connectivity index (χ1n) is 13.0. The number of carbonyl (C=O) groups is 3. The Kier molecular flexibility index (Phi) is 6.86. The van der Waals surface area contributed by atoms with Gasteiger partial charge in [0.05, 0.1) is 23.0 Å². The van der Waals surface area contributed by atoms with E-state index in [4.69, 9.17) is 5.73 Å². The molecule has 2 aliphatic heterocycles. The number of fused-ring (bicyclic) bond motifs is 2. The number of H-pyrrole nitrogens is 1. The molecule has 5 N–H and O–H groups in total. The molecule has 10 heteroatoms. The van der Waals surface area contributed by atoms with E-state index in [1.807, 2.05) is 30.5 Å². The minimum absolute atomic E-state index is 0.146. The Hall–Kier alpha value is -3.89. The van der Waals surface area contributed by atoms with Crippen LogP contribution in [0.4, 0.5) is 4.39 Å². The highest BCUT2D eigenvalue weighted by Crippen LogP contribution is 2.41. The number of hydrogen-bond donors (Lipinski definition) is 4. The number of hydrazine groups is 1. The van der Waals surface area contributed by atoms with E-state index in [9.17, 15) is 18.8 Å². The summed E-state index contributed by atoms with van der Waals surface area (Å²) in [5, 5.41) is 5.23. The van der Waals surface area contributed by atoms with Crippen LogP contribution in [0, 0.1) is 11.2 Å². The quantitative estimate of drug-likeness (QED) is 0.353. The van der Waals surface area contributed by atoms with Crippen LogP contribution in [-0.2, 0) is 27.2 Å². The Morgan fingerprint density at radius 1 is 1.23 bits per heavy atom. The number of aromatic nitrogens is 1. The lowest BCUT2D eigenvalue weighted by molar-refractivity contribution is -0.137. The van der Waals surface area contributed by atoms with Gasteiger partial charge in [-0.2, -0.15) is 0 Å². The van der Waals surface area contributed by atoms with Gasteiger partial charge < -0.3 is 16.0 Å². The summed E-state index contributed by atoms with van der Waals surface area (Å²) in [5.74, 6) is -1.29. The van der Waals surface area contributed by atoms with Crippen molar-refractivity contribution in [3.8, 4) is 0 Å². The number of para-hydroxylation sites is 1. The van der Waals surface area contributed by atoms with E-state index in [1.165, 1.54) is 17.1 Å². The predicted octanol–water partition coefficient (Wildman–Crippen LogP) is 2.06. The molecule has 2 aromatic carbocycles. The number of rotatable bonds is 8. The van der Waals surface area contributed by atoms with Crippen molar-refractivity contribution >= 4 is 34.7 Å². The van der Waals surface area contributed by atoms with Crippen LogP contribution in [0.1, 0.15) is 31.4 Å². The van der Waals surface area contributed by atoms with Gasteiger partial charge in [-0.1, -0.05) is 30.3 Å². The number of aliphatic imine (C=N–C) groups is 1. The number of nitrogens with two attached hydrogens (primary N) is 1. The summed E-state index contributed by atoms with van der Waals surface area (Å²) in [6.45, 7) is 3.16. The third kappa shape index (κ3) is 5.09. The zero-order valence-electron chi connectivity index (χ0n) is 22.2. The molecule has 0 saturated carbocycles. The topological polar surface area (TPSA) is 133 Å². The molecular formula is C29H33FN6O3. The second-order valence-corrected chi connectivity index (χ2v) is 11.2. The van der Waals surface area contributed by atoms with Crippen molar-refractivity contribution in [2.24, 2.45) is 16.1 Å². The van der Waals surface area contributed by atoms with Gasteiger partial charge in [-0.15, -0.1) is 0 Å². The highest BCUT2D eigenvalue weighted by atomic mass is 19.1. The molecule has 0 radical (unpaired) electrons. The summed E-state index contributed by atoms with van der Waals surface area (Å²) in [4.78, 5) is 48.3. The molecule has 39 heavy (non-hydrogen) atoms. The normalized spacial score (nSPS) is 23.6. The van der Waals surface area contributed by atoms with Crippen LogP contribution < -0.4 is 16.5 Å². The van der Waals surface area contributed by atoms with E-state index in [0.717, 1.165) is 22.0 Å². The van der Waals surface area contributed by atoms with Gasteiger partial charge in [0, 0.05) is 36.8 Å². The van der Waals surface area contributed by atoms with Crippen molar-refractivity contribution < 1.29 is 18.8 Å². The maximum absolute atomic E-state index is 14.1. The lowest BCUT2D eigenvalue weighted by Crippen LogP contribution is -2.57. The zero-order valence-corrected chi connectivity index (χ0v) is 22.2. The van der Waals surface area contributed by atoms with Gasteiger partial charge in [-0.25, -0.2) is 9.82 Å². The summed E-state index contributed by atoms with van der Waals surface area (Å²) in [6.07, 6.45) is 4.14. The summed E-state index contributed by atoms with van der Waals surface area (Å²) >= 11 is 0. The molecule has 3 heterocycles. The van der Waals surface area contributed by atoms with Crippen molar-refractivity contribution in [3.05, 3.63) is 71.7 Å². The molecule has 1 fully saturated rings. The Bertz CT molecular complexity index is 1440. The predicted molar refractivity (Wildman–Crippen MR) is 146 cm³/mol. The van der Waals surface area contributed by atoms with Gasteiger partial charge >= 0.3 is 0 Å². The standard InChI is InChI=1S/C29H33FN6O3/c1-28(2,31)26(38)34-22(12-18-15-32-21-7-5-4-6-20(18)21)25(37)23-14-29(13-17-8-10-19(30)11-9-17)24(16-33-23)35-36(3)27(29)39/h4-11,15-16,22-24,32,35H,12-14,31H2,1-3H3,(H,34,38)/t22-,23+,24?,29-/m1/s1. The average Bonchev–Trinajstić information content (AvgIpc) is 3.42. The Balaban J connectivity index is 1.46. The van der Waals surface area contributed by atoms with Crippen LogP contribution in [-0.4, -0.2) is 64.5 Å². The summed E-state index contributed by atoms with van der Waals surface area (Å²) in [7, 11) is 1.64. The maximum atomic E-state index is 14.1. The monoisotopic (exact) mass is 532 g/mol. The highest BCUT2D eigenvalue weighted by Gasteiger charge is 2.56. The number of aromatic amines is 1. The Morgan fingerprint density at radius 2 is 1.95 bits per heavy atom. The van der Waals surface area contributed by atoms with E-state index in [2.05, 4.69) is 20.7 Å². The Morgan fingerprint density at radius 3 is 2.67 bits per heavy atom. The number of Topliss-reactive ketones (excluding diaryl/α,β-unsaturated/α-hetero) is 1. The van der Waals surface area contributed by atoms with E-state index in [0.29, 0.717) is 6.42 Å². The van der Waals surface area contributed by atoms with E-state index >= 15 is 0 Å². The van der Waals surface area contributed by atoms with E-state index < -0.39 is 35.0 Å². The lowest BCUT2D eigenvalue weighted by Gasteiger charge is -2.36. The molecule has 1 unspecified atom stereocenters. The summed E-state index contributed by atoms with van der Waals surface area (Å²) in [6, 6.07) is 11.6. The number of halogens is 1. The number of hydrogen-bond acceptors (Lipinski definition) is 6. The minimum atomic E-state index is -1.20. The van der Waals surface area contributed by atoms with Gasteiger partial charge in [0.2, 0.25) is 11.8 Å². The van der Waals surface area contributed by atoms with Crippen LogP contribution in [0.25, 0.3) is 10.9 Å².